The lowest BCUT2D eigenvalue weighted by Crippen LogP contribution is -2.29. The van der Waals surface area contributed by atoms with Crippen molar-refractivity contribution in [2.45, 2.75) is 11.3 Å². The van der Waals surface area contributed by atoms with Crippen LogP contribution in [0.5, 0.6) is 0 Å². The minimum absolute atomic E-state index is 0.164. The fraction of sp³-hybridized carbons (Fsp3) is 0.125. The Morgan fingerprint density at radius 3 is 2.78 bits per heavy atom. The third-order valence-electron chi connectivity index (χ3n) is 4.12. The molecule has 6 nitrogen and oxygen atoms in total. The van der Waals surface area contributed by atoms with Crippen molar-refractivity contribution in [2.75, 3.05) is 6.54 Å². The summed E-state index contributed by atoms with van der Waals surface area (Å²) in [6, 6.07) is 6.61. The van der Waals surface area contributed by atoms with Crippen LogP contribution in [0.1, 0.15) is 6.42 Å². The summed E-state index contributed by atoms with van der Waals surface area (Å²) in [4.78, 5) is 17.8. The first-order chi connectivity index (χ1) is 11.0. The number of fused-ring (bicyclic) bond motifs is 3. The number of para-hydroxylation sites is 1. The SMILES string of the molecule is NC(=O)C1=C2CC2=C2C=Nc3ccccc3S(=O)(=O)/C=C\N2C1. The highest BCUT2D eigenvalue weighted by atomic mass is 32.2. The van der Waals surface area contributed by atoms with E-state index in [-0.39, 0.29) is 11.4 Å². The topological polar surface area (TPSA) is 92.8 Å². The van der Waals surface area contributed by atoms with E-state index in [1.807, 2.05) is 0 Å². The molecule has 0 radical (unpaired) electrons. The molecule has 0 atom stereocenters. The molecule has 3 aliphatic rings. The Balaban J connectivity index is 1.91. The Labute approximate surface area is 133 Å². The smallest absolute Gasteiger partial charge is 0.246 e. The van der Waals surface area contributed by atoms with Crippen molar-refractivity contribution >= 4 is 27.6 Å². The van der Waals surface area contributed by atoms with E-state index in [1.54, 1.807) is 29.3 Å². The highest BCUT2D eigenvalue weighted by molar-refractivity contribution is 7.94. The van der Waals surface area contributed by atoms with E-state index in [2.05, 4.69) is 4.99 Å². The highest BCUT2D eigenvalue weighted by Gasteiger charge is 2.37. The lowest BCUT2D eigenvalue weighted by molar-refractivity contribution is -0.114. The molecule has 0 bridgehead atoms. The predicted octanol–water partition coefficient (Wildman–Crippen LogP) is 1.40. The number of sulfone groups is 1. The van der Waals surface area contributed by atoms with Crippen LogP contribution in [-0.2, 0) is 14.6 Å². The summed E-state index contributed by atoms with van der Waals surface area (Å²) < 4.78 is 24.9. The number of aliphatic imine (C=N–C) groups is 1. The first-order valence-electron chi connectivity index (χ1n) is 7.06. The number of hydrogen-bond donors (Lipinski definition) is 1. The summed E-state index contributed by atoms with van der Waals surface area (Å²) in [6.07, 6.45) is 3.83. The van der Waals surface area contributed by atoms with Gasteiger partial charge < -0.3 is 10.6 Å². The van der Waals surface area contributed by atoms with Crippen LogP contribution in [0.15, 0.2) is 68.2 Å². The van der Waals surface area contributed by atoms with Crippen LogP contribution in [0.4, 0.5) is 5.69 Å². The second-order valence-electron chi connectivity index (χ2n) is 5.55. The fourth-order valence-electron chi connectivity index (χ4n) is 2.86. The molecule has 1 fully saturated rings. The Morgan fingerprint density at radius 2 is 2.00 bits per heavy atom. The van der Waals surface area contributed by atoms with Gasteiger partial charge in [0.05, 0.1) is 34.4 Å². The number of carbonyl (C=O) groups excluding carboxylic acids is 1. The van der Waals surface area contributed by atoms with E-state index in [0.717, 1.165) is 22.3 Å². The molecule has 1 aliphatic carbocycles. The third-order valence-corrected chi connectivity index (χ3v) is 5.56. The van der Waals surface area contributed by atoms with Gasteiger partial charge in [-0.1, -0.05) is 12.1 Å². The number of amides is 1. The molecule has 1 amide bonds. The maximum absolute atomic E-state index is 12.5. The molecule has 7 heteroatoms. The van der Waals surface area contributed by atoms with Gasteiger partial charge in [0.15, 0.2) is 0 Å². The van der Waals surface area contributed by atoms with Crippen molar-refractivity contribution in [3.63, 3.8) is 0 Å². The van der Waals surface area contributed by atoms with E-state index in [1.165, 1.54) is 12.3 Å². The lowest BCUT2D eigenvalue weighted by atomic mass is 10.1. The van der Waals surface area contributed by atoms with Gasteiger partial charge in [-0.3, -0.25) is 9.79 Å². The van der Waals surface area contributed by atoms with Crippen LogP contribution < -0.4 is 5.73 Å². The molecule has 1 aromatic rings. The quantitative estimate of drug-likeness (QED) is 0.844. The highest BCUT2D eigenvalue weighted by Crippen LogP contribution is 2.46. The van der Waals surface area contributed by atoms with Gasteiger partial charge in [-0.25, -0.2) is 8.42 Å². The first-order valence-corrected chi connectivity index (χ1v) is 8.60. The lowest BCUT2D eigenvalue weighted by Gasteiger charge is -2.24. The zero-order valence-electron chi connectivity index (χ0n) is 12.1. The van der Waals surface area contributed by atoms with Crippen molar-refractivity contribution in [2.24, 2.45) is 10.7 Å². The van der Waals surface area contributed by atoms with Crippen molar-refractivity contribution in [3.05, 3.63) is 58.3 Å². The molecule has 0 unspecified atom stereocenters. The predicted molar refractivity (Wildman–Crippen MR) is 85.5 cm³/mol. The van der Waals surface area contributed by atoms with Gasteiger partial charge >= 0.3 is 0 Å². The Morgan fingerprint density at radius 1 is 1.22 bits per heavy atom. The molecule has 1 aromatic carbocycles. The third kappa shape index (κ3) is 2.20. The van der Waals surface area contributed by atoms with E-state index in [9.17, 15) is 13.2 Å². The number of primary amides is 1. The Hall–Kier alpha value is -2.67. The zero-order chi connectivity index (χ0) is 16.2. The summed E-state index contributed by atoms with van der Waals surface area (Å²) in [7, 11) is -3.61. The fourth-order valence-corrected chi connectivity index (χ4v) is 4.00. The van der Waals surface area contributed by atoms with E-state index >= 15 is 0 Å². The van der Waals surface area contributed by atoms with Gasteiger partial charge in [-0.15, -0.1) is 0 Å². The number of hydrogen-bond acceptors (Lipinski definition) is 5. The number of rotatable bonds is 1. The van der Waals surface area contributed by atoms with Gasteiger partial charge in [-0.2, -0.15) is 0 Å². The van der Waals surface area contributed by atoms with E-state index < -0.39 is 15.7 Å². The monoisotopic (exact) mass is 327 g/mol. The van der Waals surface area contributed by atoms with Crippen molar-refractivity contribution in [3.8, 4) is 0 Å². The summed E-state index contributed by atoms with van der Waals surface area (Å²) in [6.45, 7) is 0.262. The Kier molecular flexibility index (Phi) is 2.83. The van der Waals surface area contributed by atoms with Gasteiger partial charge in [-0.05, 0) is 23.3 Å². The molecule has 0 saturated heterocycles. The summed E-state index contributed by atoms with van der Waals surface area (Å²) in [5.41, 5.74) is 9.11. The van der Waals surface area contributed by atoms with Crippen LogP contribution >= 0.6 is 0 Å². The molecular weight excluding hydrogens is 314 g/mol. The minimum Gasteiger partial charge on any atom is -0.366 e. The summed E-state index contributed by atoms with van der Waals surface area (Å²) in [5.74, 6) is -0.467. The molecule has 23 heavy (non-hydrogen) atoms. The molecule has 4 rings (SSSR count). The standard InChI is InChI=1S/C16H13N3O3S/c17-16(20)12-9-19-5-6-23(21,22)15-4-2-1-3-13(15)18-8-14(19)11-7-10(11)12/h1-6,8H,7,9H2,(H2,17,20)/b6-5-,18-8?. The second kappa shape index (κ2) is 4.66. The molecule has 2 N–H and O–H groups in total. The average molecular weight is 327 g/mol. The van der Waals surface area contributed by atoms with Gasteiger partial charge in [0.25, 0.3) is 0 Å². The minimum atomic E-state index is -3.61. The molecule has 2 heterocycles. The number of carbonyl (C=O) groups is 1. The maximum Gasteiger partial charge on any atom is 0.246 e. The average Bonchev–Trinajstić information content (AvgIpc) is 3.30. The van der Waals surface area contributed by atoms with Crippen molar-refractivity contribution in [1.82, 2.24) is 4.90 Å². The summed E-state index contributed by atoms with van der Waals surface area (Å²) >= 11 is 0. The van der Waals surface area contributed by atoms with Crippen LogP contribution in [0.25, 0.3) is 0 Å². The molecule has 1 saturated carbocycles. The van der Waals surface area contributed by atoms with Crippen LogP contribution in [0.2, 0.25) is 0 Å². The number of nitrogens with two attached hydrogens (primary N) is 1. The molecule has 116 valence electrons. The molecule has 0 aromatic heterocycles. The van der Waals surface area contributed by atoms with E-state index in [4.69, 9.17) is 5.73 Å². The Bertz CT molecular complexity index is 968. The second-order valence-corrected chi connectivity index (χ2v) is 7.35. The first kappa shape index (κ1) is 14.0. The largest absolute Gasteiger partial charge is 0.366 e. The molecular formula is C16H13N3O3S. The summed E-state index contributed by atoms with van der Waals surface area (Å²) in [5, 5.41) is 1.15. The number of nitrogens with zero attached hydrogens (tertiary/aromatic N) is 2. The van der Waals surface area contributed by atoms with Crippen molar-refractivity contribution < 1.29 is 13.2 Å². The molecule has 0 spiro atoms. The van der Waals surface area contributed by atoms with Gasteiger partial charge in [0.1, 0.15) is 0 Å². The van der Waals surface area contributed by atoms with Gasteiger partial charge in [0, 0.05) is 18.2 Å². The normalized spacial score (nSPS) is 22.3. The number of allylic oxidation sites excluding steroid dienone is 3. The molecule has 2 aliphatic heterocycles. The number of benzene rings is 1. The van der Waals surface area contributed by atoms with Crippen LogP contribution in [0.3, 0.4) is 0 Å². The van der Waals surface area contributed by atoms with Crippen LogP contribution in [-0.4, -0.2) is 32.0 Å². The maximum atomic E-state index is 12.5. The van der Waals surface area contributed by atoms with Crippen LogP contribution in [0, 0.1) is 0 Å². The zero-order valence-corrected chi connectivity index (χ0v) is 12.9. The van der Waals surface area contributed by atoms with Crippen molar-refractivity contribution in [1.29, 1.82) is 0 Å². The van der Waals surface area contributed by atoms with Gasteiger partial charge in [0.2, 0.25) is 15.7 Å². The van der Waals surface area contributed by atoms with E-state index in [0.29, 0.717) is 17.7 Å².